The summed E-state index contributed by atoms with van der Waals surface area (Å²) in [5.74, 6) is -0.665. The summed E-state index contributed by atoms with van der Waals surface area (Å²) in [6.07, 6.45) is 0. The lowest BCUT2D eigenvalue weighted by Crippen LogP contribution is -2.29. The third-order valence-electron chi connectivity index (χ3n) is 5.86. The highest BCUT2D eigenvalue weighted by atomic mass is 16.5. The first kappa shape index (κ1) is 22.2. The maximum absolute atomic E-state index is 13.3. The minimum atomic E-state index is -1.05. The van der Waals surface area contributed by atoms with Crippen LogP contribution in [0.5, 0.6) is 11.5 Å². The number of phenols is 1. The third kappa shape index (κ3) is 3.65. The lowest BCUT2D eigenvalue weighted by atomic mass is 9.95. The Hall–Kier alpha value is -4.00. The molecule has 1 aromatic heterocycles. The summed E-state index contributed by atoms with van der Waals surface area (Å²) in [7, 11) is 1.56. The Balaban J connectivity index is 1.99. The molecule has 0 spiro atoms. The highest BCUT2D eigenvalue weighted by Gasteiger charge is 2.49. The number of nitrogens with zero attached hydrogens (tertiary/aromatic N) is 1. The summed E-state index contributed by atoms with van der Waals surface area (Å²) < 4.78 is 11.1. The average molecular weight is 447 g/mol. The fourth-order valence-corrected chi connectivity index (χ4v) is 4.19. The lowest BCUT2D eigenvalue weighted by molar-refractivity contribution is -0.132. The number of aryl methyl sites for hydroxylation is 4. The van der Waals surface area contributed by atoms with Gasteiger partial charge in [-0.1, -0.05) is 6.07 Å². The van der Waals surface area contributed by atoms with Gasteiger partial charge in [0, 0.05) is 5.56 Å². The van der Waals surface area contributed by atoms with Gasteiger partial charge in [0.2, 0.25) is 0 Å². The first-order valence-electron chi connectivity index (χ1n) is 10.5. The van der Waals surface area contributed by atoms with Gasteiger partial charge in [0.25, 0.3) is 11.7 Å². The Morgan fingerprint density at radius 1 is 1.00 bits per heavy atom. The van der Waals surface area contributed by atoms with Crippen LogP contribution >= 0.6 is 0 Å². The van der Waals surface area contributed by atoms with Crippen LogP contribution in [0.15, 0.2) is 52.5 Å². The maximum atomic E-state index is 13.3. The van der Waals surface area contributed by atoms with Gasteiger partial charge in [0.05, 0.1) is 18.4 Å². The summed E-state index contributed by atoms with van der Waals surface area (Å²) in [5, 5.41) is 21.9. The fraction of sp³-hybridized carbons (Fsp3) is 0.231. The number of methoxy groups -OCH3 is 1. The molecule has 3 aromatic rings. The monoisotopic (exact) mass is 447 g/mol. The summed E-state index contributed by atoms with van der Waals surface area (Å²) in [6.45, 7) is 7.17. The number of ketones is 1. The van der Waals surface area contributed by atoms with Crippen molar-refractivity contribution in [1.82, 2.24) is 0 Å². The van der Waals surface area contributed by atoms with Crippen molar-refractivity contribution in [1.29, 1.82) is 0 Å². The Morgan fingerprint density at radius 2 is 1.73 bits per heavy atom. The third-order valence-corrected chi connectivity index (χ3v) is 5.86. The Bertz CT molecular complexity index is 1320. The molecule has 0 bridgehead atoms. The summed E-state index contributed by atoms with van der Waals surface area (Å²) in [6, 6.07) is 10.6. The number of aliphatic hydroxyl groups excluding tert-OH is 1. The van der Waals surface area contributed by atoms with Crippen LogP contribution in [0.2, 0.25) is 0 Å². The number of phenolic OH excluding ortho intramolecular Hbond substituents is 1. The van der Waals surface area contributed by atoms with E-state index in [-0.39, 0.29) is 22.8 Å². The van der Waals surface area contributed by atoms with Gasteiger partial charge in [0.1, 0.15) is 34.8 Å². The molecule has 1 unspecified atom stereocenters. The second-order valence-electron chi connectivity index (χ2n) is 8.25. The molecule has 170 valence electrons. The van der Waals surface area contributed by atoms with Crippen molar-refractivity contribution in [2.24, 2.45) is 0 Å². The Kier molecular flexibility index (Phi) is 5.49. The Labute approximate surface area is 191 Å². The van der Waals surface area contributed by atoms with E-state index in [0.717, 1.165) is 11.1 Å². The number of aromatic hydroxyl groups is 1. The molecule has 2 N–H and O–H groups in total. The molecule has 7 nitrogen and oxygen atoms in total. The molecule has 1 saturated heterocycles. The molecular weight excluding hydrogens is 422 g/mol. The number of ether oxygens (including phenoxy) is 1. The normalized spacial score (nSPS) is 17.6. The minimum Gasteiger partial charge on any atom is -0.507 e. The van der Waals surface area contributed by atoms with Crippen molar-refractivity contribution in [2.75, 3.05) is 12.0 Å². The molecule has 2 heterocycles. The van der Waals surface area contributed by atoms with Crippen molar-refractivity contribution in [2.45, 2.75) is 33.7 Å². The molecule has 33 heavy (non-hydrogen) atoms. The van der Waals surface area contributed by atoms with E-state index < -0.39 is 17.7 Å². The predicted octanol–water partition coefficient (Wildman–Crippen LogP) is 4.85. The highest BCUT2D eigenvalue weighted by Crippen LogP contribution is 2.45. The molecule has 7 heteroatoms. The zero-order valence-electron chi connectivity index (χ0n) is 19.1. The maximum Gasteiger partial charge on any atom is 0.300 e. The van der Waals surface area contributed by atoms with Gasteiger partial charge >= 0.3 is 0 Å². The van der Waals surface area contributed by atoms with Crippen molar-refractivity contribution < 1.29 is 29.0 Å². The fourth-order valence-electron chi connectivity index (χ4n) is 4.19. The summed E-state index contributed by atoms with van der Waals surface area (Å²) in [4.78, 5) is 27.7. The molecule has 0 aliphatic carbocycles. The minimum absolute atomic E-state index is 0.108. The van der Waals surface area contributed by atoms with Crippen LogP contribution in [0.25, 0.3) is 5.76 Å². The van der Waals surface area contributed by atoms with E-state index in [1.165, 1.54) is 11.0 Å². The van der Waals surface area contributed by atoms with E-state index in [9.17, 15) is 19.8 Å². The molecular formula is C26H25NO6. The van der Waals surface area contributed by atoms with Gasteiger partial charge in [-0.25, -0.2) is 0 Å². The van der Waals surface area contributed by atoms with Gasteiger partial charge in [-0.2, -0.15) is 0 Å². The van der Waals surface area contributed by atoms with Gasteiger partial charge in [-0.05, 0) is 80.8 Å². The first-order chi connectivity index (χ1) is 15.6. The Morgan fingerprint density at radius 3 is 2.36 bits per heavy atom. The molecule has 4 rings (SSSR count). The number of hydrogen-bond donors (Lipinski definition) is 2. The van der Waals surface area contributed by atoms with Crippen LogP contribution in [-0.2, 0) is 9.59 Å². The lowest BCUT2D eigenvalue weighted by Gasteiger charge is -2.24. The number of anilines is 1. The number of hydrogen-bond acceptors (Lipinski definition) is 6. The molecule has 2 aromatic carbocycles. The van der Waals surface area contributed by atoms with Gasteiger partial charge < -0.3 is 19.4 Å². The molecule has 0 saturated carbocycles. The first-order valence-corrected chi connectivity index (χ1v) is 10.5. The average Bonchev–Trinajstić information content (AvgIpc) is 3.31. The van der Waals surface area contributed by atoms with Crippen molar-refractivity contribution in [3.8, 4) is 11.5 Å². The molecule has 1 aliphatic heterocycles. The van der Waals surface area contributed by atoms with E-state index in [0.29, 0.717) is 28.4 Å². The molecule has 0 radical (unpaired) electrons. The smallest absolute Gasteiger partial charge is 0.300 e. The zero-order chi connectivity index (χ0) is 24.0. The van der Waals surface area contributed by atoms with Gasteiger partial charge in [-0.15, -0.1) is 0 Å². The largest absolute Gasteiger partial charge is 0.507 e. The highest BCUT2D eigenvalue weighted by molar-refractivity contribution is 6.51. The van der Waals surface area contributed by atoms with Gasteiger partial charge in [0.15, 0.2) is 0 Å². The van der Waals surface area contributed by atoms with Crippen LogP contribution in [0.4, 0.5) is 5.69 Å². The second kappa shape index (κ2) is 8.16. The number of carbonyl (C=O) groups excluding carboxylic acids is 2. The molecule has 1 aliphatic rings. The van der Waals surface area contributed by atoms with E-state index in [2.05, 4.69) is 0 Å². The van der Waals surface area contributed by atoms with Crippen LogP contribution in [0.1, 0.15) is 39.8 Å². The summed E-state index contributed by atoms with van der Waals surface area (Å²) >= 11 is 0. The molecule has 1 fully saturated rings. The number of aliphatic hydroxyl groups is 1. The number of benzene rings is 2. The van der Waals surface area contributed by atoms with Crippen molar-refractivity contribution >= 4 is 23.1 Å². The van der Waals surface area contributed by atoms with Crippen LogP contribution in [0.3, 0.4) is 0 Å². The quantitative estimate of drug-likeness (QED) is 0.337. The van der Waals surface area contributed by atoms with Crippen molar-refractivity contribution in [3.05, 3.63) is 81.8 Å². The number of furan rings is 1. The topological polar surface area (TPSA) is 100 Å². The number of carbonyl (C=O) groups is 2. The van der Waals surface area contributed by atoms with E-state index in [4.69, 9.17) is 9.15 Å². The van der Waals surface area contributed by atoms with Crippen LogP contribution < -0.4 is 9.64 Å². The number of amides is 1. The van der Waals surface area contributed by atoms with Crippen LogP contribution in [0, 0.1) is 27.7 Å². The molecule has 1 atom stereocenters. The molecule has 1 amide bonds. The van der Waals surface area contributed by atoms with E-state index in [1.54, 1.807) is 57.4 Å². The van der Waals surface area contributed by atoms with Crippen molar-refractivity contribution in [3.63, 3.8) is 0 Å². The SMILES string of the molecule is COc1cc(C)c(/C(O)=C2\C(=O)C(=O)N(c3cc(C)ccc3O)C2c2ccc(C)o2)cc1C. The van der Waals surface area contributed by atoms with E-state index >= 15 is 0 Å². The number of Topliss-reactive ketones (excluding diaryl/α,β-unsaturated/α-hetero) is 1. The van der Waals surface area contributed by atoms with Gasteiger partial charge in [-0.3, -0.25) is 14.5 Å². The summed E-state index contributed by atoms with van der Waals surface area (Å²) in [5.41, 5.74) is 2.70. The number of rotatable bonds is 4. The van der Waals surface area contributed by atoms with E-state index in [1.807, 2.05) is 13.8 Å². The zero-order valence-corrected chi connectivity index (χ0v) is 19.1. The standard InChI is InChI=1S/C26H25NO6/c1-13-6-8-19(28)18(10-13)27-23(20-9-7-16(4)33-20)22(25(30)26(27)31)24(29)17-11-15(3)21(32-5)12-14(17)2/h6-12,23,28-29H,1-5H3/b24-22+. The second-order valence-corrected chi connectivity index (χ2v) is 8.25. The predicted molar refractivity (Wildman–Crippen MR) is 124 cm³/mol. The van der Waals surface area contributed by atoms with Crippen LogP contribution in [-0.4, -0.2) is 29.0 Å².